The van der Waals surface area contributed by atoms with Crippen LogP contribution in [0.15, 0.2) is 40.2 Å². The Labute approximate surface area is 186 Å². The number of carboxylic acid groups (broad SMARTS) is 1. The van der Waals surface area contributed by atoms with Gasteiger partial charge in [-0.15, -0.1) is 0 Å². The number of pyridine rings is 1. The Bertz CT molecular complexity index is 1330. The van der Waals surface area contributed by atoms with Crippen molar-refractivity contribution in [3.63, 3.8) is 0 Å². The molecule has 0 radical (unpaired) electrons. The summed E-state index contributed by atoms with van der Waals surface area (Å²) >= 11 is 0. The van der Waals surface area contributed by atoms with Gasteiger partial charge in [-0.2, -0.15) is 0 Å². The molecule has 1 aliphatic heterocycles. The molecular formula is C24H26N2O5S. The number of aryl methyl sites for hydroxylation is 1. The molecule has 0 bridgehead atoms. The van der Waals surface area contributed by atoms with Crippen LogP contribution in [0.3, 0.4) is 0 Å². The van der Waals surface area contributed by atoms with Crippen molar-refractivity contribution in [2.24, 2.45) is 18.4 Å². The SMILES string of the molecule is Cn1cc(-c2cc(S(C)(=O)=O)ccc2N2CCC3(CC2)CC3C(=O)O)c2c(c1=O)CC=C2. The van der Waals surface area contributed by atoms with Crippen LogP contribution in [0.2, 0.25) is 0 Å². The second-order valence-electron chi connectivity index (χ2n) is 9.35. The van der Waals surface area contributed by atoms with E-state index in [1.165, 1.54) is 6.26 Å². The molecular weight excluding hydrogens is 428 g/mol. The Morgan fingerprint density at radius 1 is 1.19 bits per heavy atom. The van der Waals surface area contributed by atoms with Gasteiger partial charge in [0.15, 0.2) is 9.84 Å². The van der Waals surface area contributed by atoms with E-state index in [9.17, 15) is 23.1 Å². The van der Waals surface area contributed by atoms with E-state index in [2.05, 4.69) is 4.90 Å². The summed E-state index contributed by atoms with van der Waals surface area (Å²) in [4.78, 5) is 26.5. The molecule has 2 aromatic rings. The number of aliphatic carboxylic acids is 1. The summed E-state index contributed by atoms with van der Waals surface area (Å²) in [6.45, 7) is 1.44. The number of carboxylic acids is 1. The number of hydrogen-bond acceptors (Lipinski definition) is 5. The Morgan fingerprint density at radius 2 is 1.91 bits per heavy atom. The normalized spacial score (nSPS) is 21.1. The number of benzene rings is 1. The van der Waals surface area contributed by atoms with Gasteiger partial charge in [-0.1, -0.05) is 12.2 Å². The highest BCUT2D eigenvalue weighted by Gasteiger charge is 2.58. The highest BCUT2D eigenvalue weighted by Crippen LogP contribution is 2.59. The standard InChI is InChI=1S/C24H26N2O5S/c1-25-14-19(16-4-3-5-17(16)22(25)27)18-12-15(32(2,30)31)6-7-21(18)26-10-8-24(9-11-26)13-20(24)23(28)29/h3-4,6-7,12,14,20H,5,8-11,13H2,1-2H3,(H,28,29). The van der Waals surface area contributed by atoms with E-state index in [0.29, 0.717) is 6.42 Å². The van der Waals surface area contributed by atoms with E-state index in [0.717, 1.165) is 60.3 Å². The number of fused-ring (bicyclic) bond motifs is 1. The van der Waals surface area contributed by atoms with Gasteiger partial charge >= 0.3 is 5.97 Å². The van der Waals surface area contributed by atoms with Gasteiger partial charge in [0.25, 0.3) is 5.56 Å². The number of aromatic nitrogens is 1. The average molecular weight is 455 g/mol. The summed E-state index contributed by atoms with van der Waals surface area (Å²) in [7, 11) is -1.69. The minimum absolute atomic E-state index is 0.0390. The summed E-state index contributed by atoms with van der Waals surface area (Å²) in [5.41, 5.74) is 3.99. The molecule has 2 aliphatic carbocycles. The first kappa shape index (κ1) is 21.0. The first-order chi connectivity index (χ1) is 15.1. The maximum Gasteiger partial charge on any atom is 0.307 e. The first-order valence-corrected chi connectivity index (χ1v) is 12.7. The molecule has 1 unspecified atom stereocenters. The predicted octanol–water partition coefficient (Wildman–Crippen LogP) is 2.72. The van der Waals surface area contributed by atoms with Crippen LogP contribution in [0, 0.1) is 11.3 Å². The van der Waals surface area contributed by atoms with Crippen molar-refractivity contribution in [1.29, 1.82) is 0 Å². The molecule has 8 heteroatoms. The lowest BCUT2D eigenvalue weighted by atomic mass is 9.89. The highest BCUT2D eigenvalue weighted by atomic mass is 32.2. The Balaban J connectivity index is 1.60. The van der Waals surface area contributed by atoms with Crippen molar-refractivity contribution >= 4 is 27.6 Å². The van der Waals surface area contributed by atoms with Gasteiger partial charge in [-0.05, 0) is 54.9 Å². The third kappa shape index (κ3) is 3.28. The minimum Gasteiger partial charge on any atom is -0.481 e. The van der Waals surface area contributed by atoms with Gasteiger partial charge in [-0.25, -0.2) is 8.42 Å². The number of hydrogen-bond donors (Lipinski definition) is 1. The molecule has 5 rings (SSSR count). The average Bonchev–Trinajstić information content (AvgIpc) is 3.22. The van der Waals surface area contributed by atoms with Crippen molar-refractivity contribution < 1.29 is 18.3 Å². The number of rotatable bonds is 4. The van der Waals surface area contributed by atoms with Crippen molar-refractivity contribution in [3.8, 4) is 11.1 Å². The van der Waals surface area contributed by atoms with Gasteiger partial charge in [0.05, 0.1) is 10.8 Å². The lowest BCUT2D eigenvalue weighted by Crippen LogP contribution is -2.36. The van der Waals surface area contributed by atoms with Crippen LogP contribution < -0.4 is 10.5 Å². The zero-order valence-electron chi connectivity index (χ0n) is 18.2. The molecule has 1 saturated carbocycles. The van der Waals surface area contributed by atoms with Gasteiger partial charge in [0.1, 0.15) is 0 Å². The maximum atomic E-state index is 12.6. The lowest BCUT2D eigenvalue weighted by molar-refractivity contribution is -0.139. The molecule has 3 aliphatic rings. The summed E-state index contributed by atoms with van der Waals surface area (Å²) in [6.07, 6.45) is 9.81. The fraction of sp³-hybridized carbons (Fsp3) is 0.417. The van der Waals surface area contributed by atoms with Crippen LogP contribution in [-0.4, -0.2) is 43.4 Å². The maximum absolute atomic E-state index is 12.6. The molecule has 2 fully saturated rings. The van der Waals surface area contributed by atoms with E-state index in [1.54, 1.807) is 29.9 Å². The molecule has 1 N–H and O–H groups in total. The van der Waals surface area contributed by atoms with Crippen LogP contribution in [0.1, 0.15) is 30.4 Å². The zero-order valence-corrected chi connectivity index (χ0v) is 19.0. The van der Waals surface area contributed by atoms with Gasteiger partial charge < -0.3 is 14.6 Å². The molecule has 2 heterocycles. The van der Waals surface area contributed by atoms with E-state index in [-0.39, 0.29) is 21.8 Å². The van der Waals surface area contributed by atoms with Crippen molar-refractivity contribution in [1.82, 2.24) is 4.57 Å². The molecule has 1 aromatic carbocycles. The number of sulfone groups is 1. The summed E-state index contributed by atoms with van der Waals surface area (Å²) in [5, 5.41) is 9.39. The monoisotopic (exact) mass is 454 g/mol. The van der Waals surface area contributed by atoms with E-state index in [4.69, 9.17) is 0 Å². The molecule has 1 aromatic heterocycles. The van der Waals surface area contributed by atoms with E-state index >= 15 is 0 Å². The Hall–Kier alpha value is -2.87. The van der Waals surface area contributed by atoms with Crippen molar-refractivity contribution in [3.05, 3.63) is 52.0 Å². The largest absolute Gasteiger partial charge is 0.481 e. The smallest absolute Gasteiger partial charge is 0.307 e. The zero-order chi connectivity index (χ0) is 22.8. The predicted molar refractivity (Wildman–Crippen MR) is 123 cm³/mol. The number of carbonyl (C=O) groups is 1. The molecule has 32 heavy (non-hydrogen) atoms. The molecule has 1 atom stereocenters. The van der Waals surface area contributed by atoms with Gasteiger partial charge in [0.2, 0.25) is 0 Å². The Kier molecular flexibility index (Phi) is 4.64. The van der Waals surface area contributed by atoms with E-state index < -0.39 is 15.8 Å². The van der Waals surface area contributed by atoms with Gasteiger partial charge in [-0.3, -0.25) is 9.59 Å². The quantitative estimate of drug-likeness (QED) is 0.763. The van der Waals surface area contributed by atoms with Crippen molar-refractivity contribution in [2.75, 3.05) is 24.2 Å². The number of allylic oxidation sites excluding steroid dienone is 1. The topological polar surface area (TPSA) is 96.7 Å². The fourth-order valence-electron chi connectivity index (χ4n) is 5.39. The van der Waals surface area contributed by atoms with Crippen LogP contribution in [-0.2, 0) is 28.1 Å². The van der Waals surface area contributed by atoms with Crippen LogP contribution in [0.4, 0.5) is 5.69 Å². The summed E-state index contributed by atoms with van der Waals surface area (Å²) in [6, 6.07) is 5.19. The molecule has 1 spiro atoms. The van der Waals surface area contributed by atoms with Crippen LogP contribution >= 0.6 is 0 Å². The Morgan fingerprint density at radius 3 is 2.53 bits per heavy atom. The third-order valence-electron chi connectivity index (χ3n) is 7.40. The number of piperidine rings is 1. The molecule has 168 valence electrons. The molecule has 1 saturated heterocycles. The van der Waals surface area contributed by atoms with Crippen LogP contribution in [0.25, 0.3) is 17.2 Å². The fourth-order valence-corrected chi connectivity index (χ4v) is 6.04. The van der Waals surface area contributed by atoms with Crippen LogP contribution in [0.5, 0.6) is 0 Å². The third-order valence-corrected chi connectivity index (χ3v) is 8.51. The second-order valence-corrected chi connectivity index (χ2v) is 11.4. The van der Waals surface area contributed by atoms with Crippen molar-refractivity contribution in [2.45, 2.75) is 30.6 Å². The summed E-state index contributed by atoms with van der Waals surface area (Å²) in [5.74, 6) is -0.946. The second kappa shape index (κ2) is 7.07. The molecule has 0 amide bonds. The molecule has 7 nitrogen and oxygen atoms in total. The summed E-state index contributed by atoms with van der Waals surface area (Å²) < 4.78 is 26.2. The highest BCUT2D eigenvalue weighted by molar-refractivity contribution is 7.90. The lowest BCUT2D eigenvalue weighted by Gasteiger charge is -2.35. The number of nitrogens with zero attached hydrogens (tertiary/aromatic N) is 2. The minimum atomic E-state index is -3.41. The van der Waals surface area contributed by atoms with Gasteiger partial charge in [0, 0.05) is 55.0 Å². The van der Waals surface area contributed by atoms with E-state index in [1.807, 2.05) is 18.2 Å². The first-order valence-electron chi connectivity index (χ1n) is 10.8. The number of anilines is 1.